The molecule has 0 aliphatic rings. The van der Waals surface area contributed by atoms with Crippen molar-refractivity contribution in [3.8, 4) is 11.3 Å². The van der Waals surface area contributed by atoms with Gasteiger partial charge in [-0.15, -0.1) is 0 Å². The van der Waals surface area contributed by atoms with Gasteiger partial charge < -0.3 is 9.84 Å². The molecule has 0 radical (unpaired) electrons. The van der Waals surface area contributed by atoms with E-state index in [2.05, 4.69) is 25.4 Å². The maximum Gasteiger partial charge on any atom is 0.255 e. The fourth-order valence-corrected chi connectivity index (χ4v) is 2.37. The number of aryl methyl sites for hydroxylation is 2. The van der Waals surface area contributed by atoms with Gasteiger partial charge in [-0.2, -0.15) is 4.98 Å². The van der Waals surface area contributed by atoms with Crippen LogP contribution in [0.15, 0.2) is 41.1 Å². The normalized spacial score (nSPS) is 10.6. The summed E-state index contributed by atoms with van der Waals surface area (Å²) in [5, 5.41) is 6.69. The van der Waals surface area contributed by atoms with E-state index in [1.165, 1.54) is 0 Å². The number of nitrogens with zero attached hydrogens (tertiary/aromatic N) is 4. The van der Waals surface area contributed by atoms with Gasteiger partial charge in [-0.1, -0.05) is 42.4 Å². The Morgan fingerprint density at radius 1 is 1.20 bits per heavy atom. The predicted octanol–water partition coefficient (Wildman–Crippen LogP) is 2.37. The van der Waals surface area contributed by atoms with Crippen LogP contribution in [0, 0.1) is 6.92 Å². The van der Waals surface area contributed by atoms with Gasteiger partial charge in [0.2, 0.25) is 5.89 Å². The van der Waals surface area contributed by atoms with E-state index < -0.39 is 0 Å². The van der Waals surface area contributed by atoms with Gasteiger partial charge in [0.1, 0.15) is 5.82 Å². The van der Waals surface area contributed by atoms with Crippen molar-refractivity contribution in [1.82, 2.24) is 25.4 Å². The number of benzene rings is 1. The summed E-state index contributed by atoms with van der Waals surface area (Å²) in [6.45, 7) is 4.15. The maximum atomic E-state index is 12.5. The molecule has 1 aromatic carbocycles. The highest BCUT2D eigenvalue weighted by Crippen LogP contribution is 2.20. The van der Waals surface area contributed by atoms with Crippen LogP contribution in [0.2, 0.25) is 0 Å². The Kier molecular flexibility index (Phi) is 5.13. The smallest absolute Gasteiger partial charge is 0.255 e. The second kappa shape index (κ2) is 7.65. The molecule has 0 bridgehead atoms. The van der Waals surface area contributed by atoms with Crippen LogP contribution < -0.4 is 5.32 Å². The summed E-state index contributed by atoms with van der Waals surface area (Å²) in [7, 11) is 0. The maximum absolute atomic E-state index is 12.5. The van der Waals surface area contributed by atoms with Crippen LogP contribution in [0.5, 0.6) is 0 Å². The minimum atomic E-state index is -0.228. The Bertz CT molecular complexity index is 861. The Hall–Kier alpha value is -3.09. The van der Waals surface area contributed by atoms with Crippen LogP contribution in [-0.4, -0.2) is 32.6 Å². The highest BCUT2D eigenvalue weighted by atomic mass is 16.5. The third-order valence-electron chi connectivity index (χ3n) is 3.65. The number of carbonyl (C=O) groups excluding carboxylic acids is 1. The number of aromatic nitrogens is 4. The minimum absolute atomic E-state index is 0.228. The van der Waals surface area contributed by atoms with Crippen molar-refractivity contribution in [2.45, 2.75) is 26.7 Å². The first-order valence-corrected chi connectivity index (χ1v) is 8.16. The molecule has 128 valence electrons. The number of hydrogen-bond donors (Lipinski definition) is 1. The molecule has 2 heterocycles. The van der Waals surface area contributed by atoms with Crippen molar-refractivity contribution in [3.63, 3.8) is 0 Å². The van der Waals surface area contributed by atoms with Crippen molar-refractivity contribution in [2.24, 2.45) is 0 Å². The van der Waals surface area contributed by atoms with E-state index in [0.717, 1.165) is 12.0 Å². The molecule has 0 atom stereocenters. The SMILES string of the molecule is CCc1noc(CCNC(=O)c2cnc(C)nc2-c2ccccc2)n1. The summed E-state index contributed by atoms with van der Waals surface area (Å²) in [6.07, 6.45) is 2.75. The molecule has 2 aromatic heterocycles. The van der Waals surface area contributed by atoms with Crippen molar-refractivity contribution in [2.75, 3.05) is 6.54 Å². The number of nitrogens with one attached hydrogen (secondary N) is 1. The standard InChI is InChI=1S/C18H19N5O2/c1-3-15-22-16(25-23-15)9-10-19-18(24)14-11-20-12(2)21-17(14)13-7-5-4-6-8-13/h4-8,11H,3,9-10H2,1-2H3,(H,19,24). The van der Waals surface area contributed by atoms with Gasteiger partial charge in [-0.05, 0) is 6.92 Å². The Balaban J connectivity index is 1.71. The molecule has 0 saturated carbocycles. The zero-order valence-electron chi connectivity index (χ0n) is 14.2. The van der Waals surface area contributed by atoms with Crippen LogP contribution in [0.1, 0.15) is 34.8 Å². The molecule has 25 heavy (non-hydrogen) atoms. The van der Waals surface area contributed by atoms with Gasteiger partial charge in [0.25, 0.3) is 5.91 Å². The Morgan fingerprint density at radius 2 is 2.00 bits per heavy atom. The van der Waals surface area contributed by atoms with Crippen LogP contribution >= 0.6 is 0 Å². The number of carbonyl (C=O) groups is 1. The molecule has 0 saturated heterocycles. The zero-order valence-corrected chi connectivity index (χ0v) is 14.2. The van der Waals surface area contributed by atoms with Gasteiger partial charge in [0.15, 0.2) is 5.82 Å². The lowest BCUT2D eigenvalue weighted by Crippen LogP contribution is -2.27. The molecule has 0 aliphatic heterocycles. The van der Waals surface area contributed by atoms with Crippen LogP contribution in [-0.2, 0) is 12.8 Å². The first kappa shape index (κ1) is 16.8. The largest absolute Gasteiger partial charge is 0.351 e. The molecule has 7 heteroatoms. The second-order valence-corrected chi connectivity index (χ2v) is 5.51. The minimum Gasteiger partial charge on any atom is -0.351 e. The third-order valence-corrected chi connectivity index (χ3v) is 3.65. The fraction of sp³-hybridized carbons (Fsp3) is 0.278. The van der Waals surface area contributed by atoms with E-state index in [0.29, 0.717) is 41.8 Å². The lowest BCUT2D eigenvalue weighted by molar-refractivity contribution is 0.0953. The summed E-state index contributed by atoms with van der Waals surface area (Å²) >= 11 is 0. The number of rotatable bonds is 6. The predicted molar refractivity (Wildman–Crippen MR) is 91.9 cm³/mol. The molecular formula is C18H19N5O2. The van der Waals surface area contributed by atoms with Crippen LogP contribution in [0.25, 0.3) is 11.3 Å². The summed E-state index contributed by atoms with van der Waals surface area (Å²) < 4.78 is 5.11. The molecule has 0 spiro atoms. The molecule has 3 aromatic rings. The topological polar surface area (TPSA) is 93.8 Å². The van der Waals surface area contributed by atoms with Crippen molar-refractivity contribution >= 4 is 5.91 Å². The van der Waals surface area contributed by atoms with Crippen molar-refractivity contribution < 1.29 is 9.32 Å². The third kappa shape index (κ3) is 4.06. The molecular weight excluding hydrogens is 318 g/mol. The first-order valence-electron chi connectivity index (χ1n) is 8.16. The van der Waals surface area contributed by atoms with E-state index in [-0.39, 0.29) is 5.91 Å². The van der Waals surface area contributed by atoms with Gasteiger partial charge in [-0.25, -0.2) is 9.97 Å². The molecule has 0 aliphatic carbocycles. The van der Waals surface area contributed by atoms with Gasteiger partial charge in [0.05, 0.1) is 11.3 Å². The first-order chi connectivity index (χ1) is 12.2. The quantitative estimate of drug-likeness (QED) is 0.742. The molecule has 0 fully saturated rings. The zero-order chi connectivity index (χ0) is 17.6. The Labute approximate surface area is 145 Å². The molecule has 0 unspecified atom stereocenters. The Morgan fingerprint density at radius 3 is 2.72 bits per heavy atom. The lowest BCUT2D eigenvalue weighted by Gasteiger charge is -2.09. The highest BCUT2D eigenvalue weighted by molar-refractivity contribution is 5.99. The van der Waals surface area contributed by atoms with Crippen LogP contribution in [0.4, 0.5) is 0 Å². The monoisotopic (exact) mass is 337 g/mol. The summed E-state index contributed by atoms with van der Waals surface area (Å²) in [5.41, 5.74) is 1.94. The molecule has 3 rings (SSSR count). The van der Waals surface area contributed by atoms with E-state index in [4.69, 9.17) is 4.52 Å². The molecule has 1 amide bonds. The van der Waals surface area contributed by atoms with Crippen molar-refractivity contribution in [1.29, 1.82) is 0 Å². The molecule has 1 N–H and O–H groups in total. The van der Waals surface area contributed by atoms with Gasteiger partial charge >= 0.3 is 0 Å². The van der Waals surface area contributed by atoms with E-state index in [1.54, 1.807) is 13.1 Å². The van der Waals surface area contributed by atoms with E-state index in [9.17, 15) is 4.79 Å². The van der Waals surface area contributed by atoms with Crippen molar-refractivity contribution in [3.05, 3.63) is 59.6 Å². The number of amides is 1. The molecule has 7 nitrogen and oxygen atoms in total. The average Bonchev–Trinajstić information content (AvgIpc) is 3.10. The summed E-state index contributed by atoms with van der Waals surface area (Å²) in [5.74, 6) is 1.57. The lowest BCUT2D eigenvalue weighted by atomic mass is 10.1. The average molecular weight is 337 g/mol. The highest BCUT2D eigenvalue weighted by Gasteiger charge is 2.15. The summed E-state index contributed by atoms with van der Waals surface area (Å²) in [6, 6.07) is 9.59. The van der Waals surface area contributed by atoms with Crippen LogP contribution in [0.3, 0.4) is 0 Å². The fourth-order valence-electron chi connectivity index (χ4n) is 2.37. The second-order valence-electron chi connectivity index (χ2n) is 5.51. The van der Waals surface area contributed by atoms with E-state index >= 15 is 0 Å². The van der Waals surface area contributed by atoms with E-state index in [1.807, 2.05) is 37.3 Å². The number of hydrogen-bond acceptors (Lipinski definition) is 6. The van der Waals surface area contributed by atoms with Gasteiger partial charge in [-0.3, -0.25) is 4.79 Å². The summed E-state index contributed by atoms with van der Waals surface area (Å²) in [4.78, 5) is 25.4. The van der Waals surface area contributed by atoms with Gasteiger partial charge in [0, 0.05) is 31.1 Å².